The number of piperidine rings is 1. The Morgan fingerprint density at radius 3 is 2.62 bits per heavy atom. The fourth-order valence-corrected chi connectivity index (χ4v) is 4.92. The second-order valence-electron chi connectivity index (χ2n) is 8.67. The number of ether oxygens (including phenoxy) is 1. The molecule has 2 aliphatic heterocycles. The minimum Gasteiger partial charge on any atom is -0.379 e. The van der Waals surface area contributed by atoms with Crippen LogP contribution in [-0.2, 0) is 9.53 Å². The van der Waals surface area contributed by atoms with Gasteiger partial charge in [0.15, 0.2) is 0 Å². The first-order valence-electron chi connectivity index (χ1n) is 11.1. The van der Waals surface area contributed by atoms with Gasteiger partial charge in [-0.3, -0.25) is 9.36 Å². The summed E-state index contributed by atoms with van der Waals surface area (Å²) >= 11 is 12.6. The Kier molecular flexibility index (Phi) is 6.01. The molecule has 0 bridgehead atoms. The maximum Gasteiger partial charge on any atom is 0.223 e. The highest BCUT2D eigenvalue weighted by molar-refractivity contribution is 6.42. The van der Waals surface area contributed by atoms with Gasteiger partial charge in [0.05, 0.1) is 33.7 Å². The van der Waals surface area contributed by atoms with Gasteiger partial charge in [0.1, 0.15) is 0 Å². The summed E-state index contributed by atoms with van der Waals surface area (Å²) in [5.74, 6) is 1.02. The van der Waals surface area contributed by atoms with Crippen LogP contribution in [0.4, 0.5) is 5.95 Å². The van der Waals surface area contributed by atoms with Crippen LogP contribution in [0.2, 0.25) is 10.0 Å². The zero-order valence-corrected chi connectivity index (χ0v) is 19.5. The molecule has 1 amide bonds. The van der Waals surface area contributed by atoms with Crippen LogP contribution in [0, 0.1) is 12.8 Å². The molecular weight excluding hydrogens is 447 g/mol. The van der Waals surface area contributed by atoms with Crippen LogP contribution >= 0.6 is 23.2 Å². The molecule has 2 saturated heterocycles. The molecule has 0 aliphatic carbocycles. The van der Waals surface area contributed by atoms with Crippen molar-refractivity contribution in [3.05, 3.63) is 52.0 Å². The van der Waals surface area contributed by atoms with Crippen molar-refractivity contribution >= 4 is 46.1 Å². The van der Waals surface area contributed by atoms with Crippen molar-refractivity contribution < 1.29 is 9.53 Å². The second-order valence-corrected chi connectivity index (χ2v) is 9.49. The van der Waals surface area contributed by atoms with E-state index in [0.717, 1.165) is 61.6 Å². The molecule has 0 saturated carbocycles. The highest BCUT2D eigenvalue weighted by Crippen LogP contribution is 2.34. The summed E-state index contributed by atoms with van der Waals surface area (Å²) < 4.78 is 7.52. The Morgan fingerprint density at radius 2 is 1.91 bits per heavy atom. The van der Waals surface area contributed by atoms with Gasteiger partial charge in [-0.15, -0.1) is 0 Å². The number of hydrogen-bond donors (Lipinski definition) is 1. The van der Waals surface area contributed by atoms with Gasteiger partial charge in [-0.2, -0.15) is 0 Å². The molecule has 3 aromatic rings. The molecule has 2 fully saturated rings. The molecule has 2 aromatic carbocycles. The van der Waals surface area contributed by atoms with Crippen LogP contribution in [0.3, 0.4) is 0 Å². The number of carbonyl (C=O) groups is 1. The second kappa shape index (κ2) is 8.93. The first kappa shape index (κ1) is 21.6. The zero-order chi connectivity index (χ0) is 22.2. The van der Waals surface area contributed by atoms with E-state index in [1.165, 1.54) is 5.56 Å². The number of imidazole rings is 1. The third-order valence-corrected chi connectivity index (χ3v) is 7.09. The molecule has 0 unspecified atom stereocenters. The van der Waals surface area contributed by atoms with E-state index in [2.05, 4.69) is 39.9 Å². The number of amides is 1. The van der Waals surface area contributed by atoms with Crippen LogP contribution < -0.4 is 10.2 Å². The molecule has 8 heteroatoms. The van der Waals surface area contributed by atoms with Gasteiger partial charge in [-0.05, 0) is 56.0 Å². The van der Waals surface area contributed by atoms with E-state index in [4.69, 9.17) is 32.9 Å². The van der Waals surface area contributed by atoms with Gasteiger partial charge < -0.3 is 15.0 Å². The van der Waals surface area contributed by atoms with Crippen LogP contribution in [-0.4, -0.2) is 47.8 Å². The maximum absolute atomic E-state index is 12.7. The van der Waals surface area contributed by atoms with Crippen LogP contribution in [0.15, 0.2) is 36.4 Å². The van der Waals surface area contributed by atoms with Gasteiger partial charge in [0.25, 0.3) is 0 Å². The molecule has 2 aliphatic rings. The Labute approximate surface area is 197 Å². The monoisotopic (exact) mass is 472 g/mol. The largest absolute Gasteiger partial charge is 0.379 e. The van der Waals surface area contributed by atoms with Gasteiger partial charge >= 0.3 is 0 Å². The van der Waals surface area contributed by atoms with Crippen LogP contribution in [0.5, 0.6) is 0 Å². The fourth-order valence-electron chi connectivity index (χ4n) is 4.60. The van der Waals surface area contributed by atoms with Crippen molar-refractivity contribution in [3.8, 4) is 5.69 Å². The van der Waals surface area contributed by atoms with Crippen LogP contribution in [0.1, 0.15) is 24.8 Å². The van der Waals surface area contributed by atoms with E-state index in [9.17, 15) is 4.79 Å². The highest BCUT2D eigenvalue weighted by atomic mass is 35.5. The average Bonchev–Trinajstić information content (AvgIpc) is 3.42. The number of carbonyl (C=O) groups excluding carboxylic acids is 1. The molecule has 1 atom stereocenters. The predicted molar refractivity (Wildman–Crippen MR) is 128 cm³/mol. The third kappa shape index (κ3) is 4.19. The molecule has 168 valence electrons. The molecule has 0 radical (unpaired) electrons. The topological polar surface area (TPSA) is 59.4 Å². The number of hydrogen-bond acceptors (Lipinski definition) is 4. The van der Waals surface area contributed by atoms with Crippen molar-refractivity contribution in [2.75, 3.05) is 31.2 Å². The summed E-state index contributed by atoms with van der Waals surface area (Å²) in [6.07, 6.45) is 2.48. The number of fused-ring (bicyclic) bond motifs is 1. The predicted octanol–water partition coefficient (Wildman–Crippen LogP) is 4.76. The Morgan fingerprint density at radius 1 is 1.12 bits per heavy atom. The van der Waals surface area contributed by atoms with E-state index in [1.54, 1.807) is 0 Å². The maximum atomic E-state index is 12.7. The summed E-state index contributed by atoms with van der Waals surface area (Å²) in [5, 5.41) is 4.14. The number of benzene rings is 2. The number of nitrogens with one attached hydrogen (secondary N) is 1. The Hall–Kier alpha value is -2.28. The molecule has 6 nitrogen and oxygen atoms in total. The van der Waals surface area contributed by atoms with Gasteiger partial charge in [0, 0.05) is 31.3 Å². The van der Waals surface area contributed by atoms with Crippen molar-refractivity contribution in [2.45, 2.75) is 32.2 Å². The summed E-state index contributed by atoms with van der Waals surface area (Å²) in [7, 11) is 0. The van der Waals surface area contributed by atoms with Gasteiger partial charge in [-0.25, -0.2) is 4.98 Å². The van der Waals surface area contributed by atoms with E-state index in [0.29, 0.717) is 16.7 Å². The number of aryl methyl sites for hydroxylation is 1. The first-order valence-corrected chi connectivity index (χ1v) is 11.8. The highest BCUT2D eigenvalue weighted by Gasteiger charge is 2.30. The first-order chi connectivity index (χ1) is 15.5. The van der Waals surface area contributed by atoms with E-state index < -0.39 is 0 Å². The zero-order valence-electron chi connectivity index (χ0n) is 18.0. The van der Waals surface area contributed by atoms with E-state index >= 15 is 0 Å². The average molecular weight is 473 g/mol. The van der Waals surface area contributed by atoms with E-state index in [1.807, 2.05) is 18.2 Å². The Balaban J connectivity index is 1.43. The summed E-state index contributed by atoms with van der Waals surface area (Å²) in [4.78, 5) is 19.9. The third-order valence-electron chi connectivity index (χ3n) is 6.36. The lowest BCUT2D eigenvalue weighted by molar-refractivity contribution is -0.126. The summed E-state index contributed by atoms with van der Waals surface area (Å²) in [6.45, 7) is 4.94. The molecule has 1 N–H and O–H groups in total. The molecule has 5 rings (SSSR count). The van der Waals surface area contributed by atoms with Crippen molar-refractivity contribution in [1.82, 2.24) is 14.9 Å². The van der Waals surface area contributed by atoms with E-state index in [-0.39, 0.29) is 17.9 Å². The molecule has 3 heterocycles. The normalized spacial score (nSPS) is 19.6. The van der Waals surface area contributed by atoms with Crippen molar-refractivity contribution in [3.63, 3.8) is 0 Å². The smallest absolute Gasteiger partial charge is 0.223 e. The standard InChI is InChI=1S/C24H26Cl2N4O2/c1-15-3-2-4-18(11-15)30-22-13-20(26)19(25)12-21(22)28-24(30)29-8-5-16(6-9-29)23(31)27-17-7-10-32-14-17/h2-4,11-13,16-17H,5-10,14H2,1H3,(H,27,31)/t17-/m1/s1. The molecule has 1 aromatic heterocycles. The lowest BCUT2D eigenvalue weighted by Gasteiger charge is -2.32. The SMILES string of the molecule is Cc1cccc(-n2c(N3CCC(C(=O)N[C@@H]4CCOC4)CC3)nc3cc(Cl)c(Cl)cc32)c1. The number of halogens is 2. The minimum atomic E-state index is 0.0209. The van der Waals surface area contributed by atoms with Crippen molar-refractivity contribution in [2.24, 2.45) is 5.92 Å². The van der Waals surface area contributed by atoms with Gasteiger partial charge in [0.2, 0.25) is 11.9 Å². The number of anilines is 1. The Bertz CT molecular complexity index is 1150. The van der Waals surface area contributed by atoms with Crippen LogP contribution in [0.25, 0.3) is 16.7 Å². The minimum absolute atomic E-state index is 0.0209. The molecule has 0 spiro atoms. The van der Waals surface area contributed by atoms with Crippen molar-refractivity contribution in [1.29, 1.82) is 0 Å². The molecular formula is C24H26Cl2N4O2. The van der Waals surface area contributed by atoms with Gasteiger partial charge in [-0.1, -0.05) is 35.3 Å². The molecule has 32 heavy (non-hydrogen) atoms. The number of rotatable bonds is 4. The number of nitrogens with zero attached hydrogens (tertiary/aromatic N) is 3. The number of aromatic nitrogens is 2. The summed E-state index contributed by atoms with van der Waals surface area (Å²) in [5.41, 5.74) is 3.92. The fraction of sp³-hybridized carbons (Fsp3) is 0.417. The lowest BCUT2D eigenvalue weighted by Crippen LogP contribution is -2.44. The lowest BCUT2D eigenvalue weighted by atomic mass is 9.95. The summed E-state index contributed by atoms with van der Waals surface area (Å²) in [6, 6.07) is 12.2. The quantitative estimate of drug-likeness (QED) is 0.594.